The van der Waals surface area contributed by atoms with E-state index in [1.807, 2.05) is 49.3 Å². The van der Waals surface area contributed by atoms with E-state index < -0.39 is 5.91 Å². The number of carbonyl (C=O) groups excluding carboxylic acids is 2. The summed E-state index contributed by atoms with van der Waals surface area (Å²) in [5.74, 6) is -0.702. The smallest absolute Gasteiger partial charge is 0.255 e. The van der Waals surface area contributed by atoms with E-state index in [2.05, 4.69) is 10.6 Å². The van der Waals surface area contributed by atoms with Gasteiger partial charge in [0.05, 0.1) is 11.3 Å². The highest BCUT2D eigenvalue weighted by atomic mass is 16.2. The fourth-order valence-corrected chi connectivity index (χ4v) is 2.73. The first kappa shape index (κ1) is 19.6. The van der Waals surface area contributed by atoms with Crippen LogP contribution in [-0.2, 0) is 0 Å². The van der Waals surface area contributed by atoms with Crippen molar-refractivity contribution in [1.29, 1.82) is 5.26 Å². The molecule has 0 radical (unpaired) electrons. The zero-order valence-electron chi connectivity index (χ0n) is 16.1. The molecular formula is C23H20N4O2. The van der Waals surface area contributed by atoms with Crippen LogP contribution in [0.25, 0.3) is 0 Å². The number of nitrogens with one attached hydrogen (secondary N) is 2. The van der Waals surface area contributed by atoms with Gasteiger partial charge in [0.1, 0.15) is 6.07 Å². The summed E-state index contributed by atoms with van der Waals surface area (Å²) in [7, 11) is 3.89. The second-order valence-corrected chi connectivity index (χ2v) is 6.59. The molecule has 0 heterocycles. The number of nitrogens with zero attached hydrogens (tertiary/aromatic N) is 2. The van der Waals surface area contributed by atoms with Gasteiger partial charge in [-0.2, -0.15) is 5.26 Å². The summed E-state index contributed by atoms with van der Waals surface area (Å²) in [6.45, 7) is 0. The van der Waals surface area contributed by atoms with Crippen LogP contribution < -0.4 is 15.5 Å². The van der Waals surface area contributed by atoms with Crippen LogP contribution in [0.3, 0.4) is 0 Å². The SMILES string of the molecule is CN(C)c1ccc(NC(=O)c2cccc(C(=O)Nc3ccccc3C#N)c2)cc1. The molecule has 0 spiro atoms. The molecule has 0 atom stereocenters. The Bertz CT molecular complexity index is 1080. The van der Waals surface area contributed by atoms with E-state index in [4.69, 9.17) is 5.26 Å². The molecule has 3 aromatic rings. The van der Waals surface area contributed by atoms with Crippen LogP contribution in [0.4, 0.5) is 17.1 Å². The minimum absolute atomic E-state index is 0.310. The lowest BCUT2D eigenvalue weighted by atomic mass is 10.1. The fraction of sp³-hybridized carbons (Fsp3) is 0.0870. The van der Waals surface area contributed by atoms with Crippen LogP contribution >= 0.6 is 0 Å². The summed E-state index contributed by atoms with van der Waals surface area (Å²) in [6, 6.07) is 22.7. The minimum Gasteiger partial charge on any atom is -0.378 e. The maximum absolute atomic E-state index is 12.6. The van der Waals surface area contributed by atoms with Gasteiger partial charge in [-0.1, -0.05) is 18.2 Å². The Morgan fingerprint density at radius 2 is 1.45 bits per heavy atom. The highest BCUT2D eigenvalue weighted by Crippen LogP contribution is 2.18. The number of hydrogen-bond donors (Lipinski definition) is 2. The van der Waals surface area contributed by atoms with E-state index in [1.165, 1.54) is 6.07 Å². The molecule has 3 aromatic carbocycles. The van der Waals surface area contributed by atoms with Crippen molar-refractivity contribution in [3.63, 3.8) is 0 Å². The van der Waals surface area contributed by atoms with Gasteiger partial charge in [0.25, 0.3) is 11.8 Å². The third-order valence-electron chi connectivity index (χ3n) is 4.32. The van der Waals surface area contributed by atoms with Crippen LogP contribution in [0.2, 0.25) is 0 Å². The molecular weight excluding hydrogens is 364 g/mol. The molecule has 0 fully saturated rings. The quantitative estimate of drug-likeness (QED) is 0.693. The summed E-state index contributed by atoms with van der Waals surface area (Å²) in [5, 5.41) is 14.7. The van der Waals surface area contributed by atoms with Crippen LogP contribution in [0, 0.1) is 11.3 Å². The van der Waals surface area contributed by atoms with Crippen molar-refractivity contribution in [2.75, 3.05) is 29.6 Å². The summed E-state index contributed by atoms with van der Waals surface area (Å²) < 4.78 is 0. The summed E-state index contributed by atoms with van der Waals surface area (Å²) in [5.41, 5.74) is 3.18. The molecule has 0 saturated heterocycles. The van der Waals surface area contributed by atoms with Crippen LogP contribution in [0.1, 0.15) is 26.3 Å². The van der Waals surface area contributed by atoms with E-state index in [0.717, 1.165) is 5.69 Å². The standard InChI is InChI=1S/C23H20N4O2/c1-27(2)20-12-10-19(11-13-20)25-22(28)16-7-5-8-17(14-16)23(29)26-21-9-4-3-6-18(21)15-24/h3-14H,1-2H3,(H,25,28)(H,26,29). The number of carbonyl (C=O) groups is 2. The number of nitriles is 1. The second-order valence-electron chi connectivity index (χ2n) is 6.59. The number of anilines is 3. The number of rotatable bonds is 5. The lowest BCUT2D eigenvalue weighted by Crippen LogP contribution is -2.16. The molecule has 0 aliphatic carbocycles. The molecule has 29 heavy (non-hydrogen) atoms. The molecule has 0 bridgehead atoms. The molecule has 144 valence electrons. The van der Waals surface area contributed by atoms with E-state index in [0.29, 0.717) is 28.1 Å². The van der Waals surface area contributed by atoms with Gasteiger partial charge in [0, 0.05) is 36.6 Å². The average Bonchev–Trinajstić information content (AvgIpc) is 2.74. The molecule has 6 nitrogen and oxygen atoms in total. The number of hydrogen-bond acceptors (Lipinski definition) is 4. The van der Waals surface area contributed by atoms with Gasteiger partial charge in [-0.15, -0.1) is 0 Å². The summed E-state index contributed by atoms with van der Waals surface area (Å²) >= 11 is 0. The summed E-state index contributed by atoms with van der Waals surface area (Å²) in [4.78, 5) is 27.1. The van der Waals surface area contributed by atoms with Crippen LogP contribution in [0.5, 0.6) is 0 Å². The van der Waals surface area contributed by atoms with E-state index in [-0.39, 0.29) is 5.91 Å². The van der Waals surface area contributed by atoms with E-state index in [9.17, 15) is 9.59 Å². The zero-order valence-corrected chi connectivity index (χ0v) is 16.1. The highest BCUT2D eigenvalue weighted by molar-refractivity contribution is 6.09. The Labute approximate surface area is 169 Å². The monoisotopic (exact) mass is 384 g/mol. The molecule has 6 heteroatoms. The van der Waals surface area contributed by atoms with Gasteiger partial charge in [-0.3, -0.25) is 9.59 Å². The second kappa shape index (κ2) is 8.72. The van der Waals surface area contributed by atoms with Gasteiger partial charge in [-0.25, -0.2) is 0 Å². The molecule has 2 N–H and O–H groups in total. The number of benzene rings is 3. The molecule has 2 amide bonds. The maximum Gasteiger partial charge on any atom is 0.255 e. The first-order chi connectivity index (χ1) is 14.0. The molecule has 0 aliphatic rings. The zero-order chi connectivity index (χ0) is 20.8. The van der Waals surface area contributed by atoms with Gasteiger partial charge in [-0.05, 0) is 54.6 Å². The number of para-hydroxylation sites is 1. The Hall–Kier alpha value is -4.11. The van der Waals surface area contributed by atoms with E-state index >= 15 is 0 Å². The normalized spacial score (nSPS) is 9.97. The van der Waals surface area contributed by atoms with Crippen LogP contribution in [-0.4, -0.2) is 25.9 Å². The fourth-order valence-electron chi connectivity index (χ4n) is 2.73. The molecule has 3 rings (SSSR count). The van der Waals surface area contributed by atoms with Crippen molar-refractivity contribution in [2.45, 2.75) is 0 Å². The van der Waals surface area contributed by atoms with Crippen molar-refractivity contribution in [1.82, 2.24) is 0 Å². The minimum atomic E-state index is -0.391. The first-order valence-corrected chi connectivity index (χ1v) is 8.97. The Kier molecular flexibility index (Phi) is 5.91. The molecule has 0 saturated carbocycles. The van der Waals surface area contributed by atoms with Crippen molar-refractivity contribution < 1.29 is 9.59 Å². The number of amides is 2. The Morgan fingerprint density at radius 1 is 0.828 bits per heavy atom. The van der Waals surface area contributed by atoms with Crippen molar-refractivity contribution in [3.05, 3.63) is 89.5 Å². The molecule has 0 aliphatic heterocycles. The first-order valence-electron chi connectivity index (χ1n) is 8.97. The van der Waals surface area contributed by atoms with Crippen molar-refractivity contribution >= 4 is 28.9 Å². The Morgan fingerprint density at radius 3 is 2.07 bits per heavy atom. The van der Waals surface area contributed by atoms with E-state index in [1.54, 1.807) is 42.5 Å². The van der Waals surface area contributed by atoms with Gasteiger partial charge >= 0.3 is 0 Å². The van der Waals surface area contributed by atoms with Gasteiger partial charge < -0.3 is 15.5 Å². The third-order valence-corrected chi connectivity index (χ3v) is 4.32. The lowest BCUT2D eigenvalue weighted by molar-refractivity contribution is 0.102. The van der Waals surface area contributed by atoms with Gasteiger partial charge in [0.2, 0.25) is 0 Å². The predicted octanol–water partition coefficient (Wildman–Crippen LogP) is 4.13. The predicted molar refractivity (Wildman–Crippen MR) is 114 cm³/mol. The largest absolute Gasteiger partial charge is 0.378 e. The maximum atomic E-state index is 12.6. The van der Waals surface area contributed by atoms with Crippen LogP contribution in [0.15, 0.2) is 72.8 Å². The third kappa shape index (κ3) is 4.79. The molecule has 0 unspecified atom stereocenters. The van der Waals surface area contributed by atoms with Crippen molar-refractivity contribution in [3.8, 4) is 6.07 Å². The Balaban J connectivity index is 1.73. The van der Waals surface area contributed by atoms with Crippen molar-refractivity contribution in [2.24, 2.45) is 0 Å². The highest BCUT2D eigenvalue weighted by Gasteiger charge is 2.12. The average molecular weight is 384 g/mol. The topological polar surface area (TPSA) is 85.2 Å². The molecule has 0 aromatic heterocycles. The van der Waals surface area contributed by atoms with Gasteiger partial charge in [0.15, 0.2) is 0 Å². The lowest BCUT2D eigenvalue weighted by Gasteiger charge is -2.13. The summed E-state index contributed by atoms with van der Waals surface area (Å²) in [6.07, 6.45) is 0.